The Morgan fingerprint density at radius 1 is 1.38 bits per heavy atom. The van der Waals surface area contributed by atoms with E-state index < -0.39 is 0 Å². The van der Waals surface area contributed by atoms with Crippen LogP contribution in [0.5, 0.6) is 0 Å². The van der Waals surface area contributed by atoms with Crippen molar-refractivity contribution in [3.05, 3.63) is 58.8 Å². The molecular weight excluding hydrogens is 366 g/mol. The predicted octanol–water partition coefficient (Wildman–Crippen LogP) is 4.71. The average Bonchev–Trinajstić information content (AvgIpc) is 3.46. The molecule has 146 valence electrons. The molecule has 5 rings (SSSR count). The maximum Gasteiger partial charge on any atom is 0.414 e. The summed E-state index contributed by atoms with van der Waals surface area (Å²) in [5.74, 6) is 0.857. The Balaban J connectivity index is 1.43. The van der Waals surface area contributed by atoms with E-state index in [-0.39, 0.29) is 18.1 Å². The zero-order chi connectivity index (χ0) is 20.0. The van der Waals surface area contributed by atoms with Crippen molar-refractivity contribution in [3.63, 3.8) is 0 Å². The van der Waals surface area contributed by atoms with Crippen LogP contribution in [0, 0.1) is 6.57 Å². The van der Waals surface area contributed by atoms with Crippen LogP contribution in [0.2, 0.25) is 0 Å². The number of hydrogen-bond donors (Lipinski definition) is 1. The van der Waals surface area contributed by atoms with Crippen molar-refractivity contribution in [2.24, 2.45) is 0 Å². The third kappa shape index (κ3) is 3.31. The minimum atomic E-state index is -0.229. The molecule has 1 atom stereocenters. The van der Waals surface area contributed by atoms with Crippen molar-refractivity contribution in [3.8, 4) is 0 Å². The Bertz CT molecular complexity index is 1140. The first kappa shape index (κ1) is 17.7. The number of aryl methyl sites for hydroxylation is 1. The number of anilines is 1. The minimum absolute atomic E-state index is 0.0414. The van der Waals surface area contributed by atoms with Crippen LogP contribution in [0.1, 0.15) is 49.1 Å². The summed E-state index contributed by atoms with van der Waals surface area (Å²) in [6.45, 7) is 9.93. The van der Waals surface area contributed by atoms with E-state index in [1.807, 2.05) is 6.07 Å². The molecule has 7 nitrogen and oxygen atoms in total. The Kier molecular flexibility index (Phi) is 4.20. The largest absolute Gasteiger partial charge is 0.446 e. The lowest BCUT2D eigenvalue weighted by Crippen LogP contribution is -2.36. The molecule has 1 saturated carbocycles. The summed E-state index contributed by atoms with van der Waals surface area (Å²) in [5, 5.41) is 0. The molecular formula is C22H21N5O2. The highest BCUT2D eigenvalue weighted by Gasteiger charge is 2.31. The molecule has 2 aromatic heterocycles. The molecule has 0 bridgehead atoms. The number of benzene rings is 1. The van der Waals surface area contributed by atoms with Gasteiger partial charge in [0.05, 0.1) is 17.8 Å². The molecule has 1 amide bonds. The van der Waals surface area contributed by atoms with Crippen molar-refractivity contribution < 1.29 is 9.53 Å². The molecule has 7 heteroatoms. The van der Waals surface area contributed by atoms with E-state index in [0.29, 0.717) is 17.9 Å². The number of carbonyl (C=O) groups is 1. The van der Waals surface area contributed by atoms with Crippen LogP contribution in [0.3, 0.4) is 0 Å². The number of aromatic nitrogens is 3. The van der Waals surface area contributed by atoms with Gasteiger partial charge in [0.2, 0.25) is 5.69 Å². The third-order valence-corrected chi connectivity index (χ3v) is 5.62. The van der Waals surface area contributed by atoms with Crippen LogP contribution in [0.4, 0.5) is 16.2 Å². The molecule has 1 fully saturated rings. The number of amides is 1. The summed E-state index contributed by atoms with van der Waals surface area (Å²) < 4.78 is 5.50. The van der Waals surface area contributed by atoms with E-state index in [2.05, 4.69) is 38.9 Å². The topological polar surface area (TPSA) is 75.5 Å². The van der Waals surface area contributed by atoms with Crippen molar-refractivity contribution in [1.82, 2.24) is 15.0 Å². The highest BCUT2D eigenvalue weighted by molar-refractivity contribution is 5.89. The maximum absolute atomic E-state index is 12.5. The molecule has 0 spiro atoms. The molecule has 3 aromatic rings. The van der Waals surface area contributed by atoms with E-state index in [4.69, 9.17) is 11.3 Å². The van der Waals surface area contributed by atoms with Crippen LogP contribution < -0.4 is 4.90 Å². The summed E-state index contributed by atoms with van der Waals surface area (Å²) in [7, 11) is 0. The number of imidazole rings is 1. The van der Waals surface area contributed by atoms with Crippen molar-refractivity contribution >= 4 is 28.6 Å². The first-order chi connectivity index (χ1) is 14.1. The molecule has 0 saturated heterocycles. The second kappa shape index (κ2) is 6.89. The van der Waals surface area contributed by atoms with E-state index in [9.17, 15) is 4.79 Å². The fourth-order valence-corrected chi connectivity index (χ4v) is 3.80. The van der Waals surface area contributed by atoms with Gasteiger partial charge >= 0.3 is 6.09 Å². The van der Waals surface area contributed by atoms with E-state index in [1.165, 1.54) is 0 Å². The van der Waals surface area contributed by atoms with Crippen LogP contribution in [0.15, 0.2) is 30.5 Å². The van der Waals surface area contributed by atoms with Crippen LogP contribution in [-0.2, 0) is 11.2 Å². The monoisotopic (exact) mass is 387 g/mol. The highest BCUT2D eigenvalue weighted by atomic mass is 16.6. The molecule has 0 unspecified atom stereocenters. The Labute approximate surface area is 168 Å². The quantitative estimate of drug-likeness (QED) is 0.660. The van der Waals surface area contributed by atoms with Crippen LogP contribution >= 0.6 is 0 Å². The van der Waals surface area contributed by atoms with Crippen molar-refractivity contribution in [1.29, 1.82) is 0 Å². The van der Waals surface area contributed by atoms with Gasteiger partial charge < -0.3 is 9.72 Å². The number of nitrogens with one attached hydrogen (secondary N) is 1. The maximum atomic E-state index is 12.5. The first-order valence-corrected chi connectivity index (χ1v) is 9.96. The molecule has 1 N–H and O–H groups in total. The summed E-state index contributed by atoms with van der Waals surface area (Å²) in [4.78, 5) is 29.8. The second-order valence-corrected chi connectivity index (χ2v) is 7.75. The van der Waals surface area contributed by atoms with E-state index in [0.717, 1.165) is 53.8 Å². The average molecular weight is 387 g/mol. The van der Waals surface area contributed by atoms with Gasteiger partial charge in [0.25, 0.3) is 0 Å². The van der Waals surface area contributed by atoms with Crippen LogP contribution in [-0.4, -0.2) is 33.7 Å². The Morgan fingerprint density at radius 2 is 2.24 bits per heavy atom. The first-order valence-electron chi connectivity index (χ1n) is 9.96. The highest BCUT2D eigenvalue weighted by Crippen LogP contribution is 2.34. The number of nitrogens with zero attached hydrogens (tertiary/aromatic N) is 4. The number of hydrogen-bond acceptors (Lipinski definition) is 4. The molecule has 3 heterocycles. The zero-order valence-corrected chi connectivity index (χ0v) is 16.2. The standard InChI is InChI=1S/C22H21N5O2/c1-13(20-25-18-11-16(23-2)12-24-21(18)26-20)14-5-8-19-15(10-14)4-3-9-27(19)22(28)29-17-6-7-17/h5,8,10-13,17H,3-4,6-7,9H2,1H3,(H,24,25,26)/t13-/m1/s1. The SMILES string of the molecule is [C-]#[N+]c1cnc2nc([C@H](C)c3ccc4c(c3)CCCN4C(=O)OC3CC3)[nH]c2c1. The molecule has 2 aliphatic rings. The fraction of sp³-hybridized carbons (Fsp3) is 0.364. The summed E-state index contributed by atoms with van der Waals surface area (Å²) in [6.07, 6.45) is 5.25. The molecule has 29 heavy (non-hydrogen) atoms. The summed E-state index contributed by atoms with van der Waals surface area (Å²) in [5.41, 5.74) is 5.13. The lowest BCUT2D eigenvalue weighted by molar-refractivity contribution is 0.146. The number of fused-ring (bicyclic) bond motifs is 2. The van der Waals surface area contributed by atoms with Gasteiger partial charge in [-0.25, -0.2) is 19.6 Å². The Hall–Kier alpha value is -3.40. The Morgan fingerprint density at radius 3 is 3.03 bits per heavy atom. The van der Waals surface area contributed by atoms with Gasteiger partial charge in [0.15, 0.2) is 5.65 Å². The molecule has 0 radical (unpaired) electrons. The normalized spacial score (nSPS) is 16.9. The third-order valence-electron chi connectivity index (χ3n) is 5.62. The number of pyridine rings is 1. The fourth-order valence-electron chi connectivity index (χ4n) is 3.80. The molecule has 1 aromatic carbocycles. The lowest BCUT2D eigenvalue weighted by atomic mass is 9.93. The number of H-pyrrole nitrogens is 1. The van der Waals surface area contributed by atoms with Gasteiger partial charge in [0, 0.05) is 18.7 Å². The van der Waals surface area contributed by atoms with E-state index >= 15 is 0 Å². The minimum Gasteiger partial charge on any atom is -0.446 e. The molecule has 1 aliphatic carbocycles. The van der Waals surface area contributed by atoms with Gasteiger partial charge in [0.1, 0.15) is 11.9 Å². The van der Waals surface area contributed by atoms with Gasteiger partial charge in [-0.1, -0.05) is 19.1 Å². The van der Waals surface area contributed by atoms with Crippen molar-refractivity contribution in [2.75, 3.05) is 11.4 Å². The number of aromatic amines is 1. The number of rotatable bonds is 3. The van der Waals surface area contributed by atoms with Crippen molar-refractivity contribution in [2.45, 2.75) is 44.6 Å². The van der Waals surface area contributed by atoms with Gasteiger partial charge in [-0.2, -0.15) is 0 Å². The van der Waals surface area contributed by atoms with Gasteiger partial charge in [-0.3, -0.25) is 4.90 Å². The predicted molar refractivity (Wildman–Crippen MR) is 109 cm³/mol. The lowest BCUT2D eigenvalue weighted by Gasteiger charge is -2.29. The van der Waals surface area contributed by atoms with E-state index in [1.54, 1.807) is 17.2 Å². The van der Waals surface area contributed by atoms with Gasteiger partial charge in [-0.05, 0) is 48.9 Å². The zero-order valence-electron chi connectivity index (χ0n) is 16.2. The van der Waals surface area contributed by atoms with Crippen LogP contribution in [0.25, 0.3) is 16.0 Å². The number of carbonyl (C=O) groups excluding carboxylic acids is 1. The summed E-state index contributed by atoms with van der Waals surface area (Å²) in [6, 6.07) is 8.01. The number of ether oxygens (including phenoxy) is 1. The smallest absolute Gasteiger partial charge is 0.414 e. The molecule has 1 aliphatic heterocycles. The summed E-state index contributed by atoms with van der Waals surface area (Å²) >= 11 is 0. The van der Waals surface area contributed by atoms with Gasteiger partial charge in [-0.15, -0.1) is 0 Å². The second-order valence-electron chi connectivity index (χ2n) is 7.75.